The summed E-state index contributed by atoms with van der Waals surface area (Å²) in [6.07, 6.45) is -4.14. The molecule has 5 unspecified atom stereocenters. The van der Waals surface area contributed by atoms with Gasteiger partial charge in [0.2, 0.25) is 5.79 Å². The lowest BCUT2D eigenvalue weighted by atomic mass is 10.1. The van der Waals surface area contributed by atoms with Gasteiger partial charge in [0.1, 0.15) is 24.4 Å². The van der Waals surface area contributed by atoms with Crippen molar-refractivity contribution in [1.29, 1.82) is 0 Å². The number of hydrogen-bond donors (Lipinski definition) is 6. The molecule has 100 valence electrons. The van der Waals surface area contributed by atoms with Crippen LogP contribution in [0.2, 0.25) is 0 Å². The predicted octanol–water partition coefficient (Wildman–Crippen LogP) is -3.15. The Balaban J connectivity index is 2.60. The van der Waals surface area contributed by atoms with Crippen molar-refractivity contribution < 1.29 is 35.1 Å². The van der Waals surface area contributed by atoms with Gasteiger partial charge in [0.15, 0.2) is 0 Å². The smallest absolute Gasteiger partial charge is 0.320 e. The van der Waals surface area contributed by atoms with Crippen LogP contribution in [-0.2, 0) is 9.53 Å². The lowest BCUT2D eigenvalue weighted by Crippen LogP contribution is -2.53. The molecule has 1 aliphatic rings. The molecule has 8 heteroatoms. The second-order valence-corrected chi connectivity index (χ2v) is 4.06. The third-order valence-corrected chi connectivity index (χ3v) is 2.73. The minimum Gasteiger partial charge on any atom is -0.480 e. The molecular weight excluding hydrogens is 234 g/mol. The molecule has 0 bridgehead atoms. The van der Waals surface area contributed by atoms with Crippen LogP contribution in [0.25, 0.3) is 0 Å². The van der Waals surface area contributed by atoms with Crippen LogP contribution in [0.5, 0.6) is 0 Å². The molecule has 0 saturated carbocycles. The van der Waals surface area contributed by atoms with Crippen molar-refractivity contribution in [1.82, 2.24) is 5.32 Å². The third-order valence-electron chi connectivity index (χ3n) is 2.73. The molecule has 0 radical (unpaired) electrons. The predicted molar refractivity (Wildman–Crippen MR) is 54.0 cm³/mol. The number of aliphatic carboxylic acids is 1. The van der Waals surface area contributed by atoms with Gasteiger partial charge in [0.05, 0.1) is 13.2 Å². The van der Waals surface area contributed by atoms with Gasteiger partial charge in [-0.1, -0.05) is 0 Å². The van der Waals surface area contributed by atoms with Crippen LogP contribution in [-0.4, -0.2) is 74.8 Å². The summed E-state index contributed by atoms with van der Waals surface area (Å²) in [5.74, 6) is -3.24. The van der Waals surface area contributed by atoms with Crippen molar-refractivity contribution >= 4 is 5.97 Å². The maximum absolute atomic E-state index is 10.5. The number of rotatable bonds is 5. The Bertz CT molecular complexity index is 287. The van der Waals surface area contributed by atoms with Crippen molar-refractivity contribution in [3.63, 3.8) is 0 Å². The zero-order chi connectivity index (χ0) is 13.2. The Hall–Kier alpha value is -0.770. The highest BCUT2D eigenvalue weighted by molar-refractivity contribution is 5.72. The van der Waals surface area contributed by atoms with Gasteiger partial charge >= 0.3 is 5.97 Å². The molecule has 0 spiro atoms. The summed E-state index contributed by atoms with van der Waals surface area (Å²) in [5, 5.41) is 48.7. The van der Waals surface area contributed by atoms with E-state index in [-0.39, 0.29) is 6.54 Å². The van der Waals surface area contributed by atoms with E-state index in [1.807, 2.05) is 0 Å². The van der Waals surface area contributed by atoms with Gasteiger partial charge in [0.25, 0.3) is 0 Å². The fourth-order valence-corrected chi connectivity index (χ4v) is 1.55. The second-order valence-electron chi connectivity index (χ2n) is 4.06. The van der Waals surface area contributed by atoms with Gasteiger partial charge in [-0.25, -0.2) is 0 Å². The van der Waals surface area contributed by atoms with Crippen molar-refractivity contribution in [3.05, 3.63) is 0 Å². The fourth-order valence-electron chi connectivity index (χ4n) is 1.55. The first-order valence-electron chi connectivity index (χ1n) is 5.15. The van der Waals surface area contributed by atoms with E-state index in [1.54, 1.807) is 0 Å². The summed E-state index contributed by atoms with van der Waals surface area (Å²) >= 11 is 0. The van der Waals surface area contributed by atoms with Gasteiger partial charge in [-0.2, -0.15) is 0 Å². The number of hydrogen-bond acceptors (Lipinski definition) is 7. The number of aliphatic hydroxyl groups excluding tert-OH is 3. The highest BCUT2D eigenvalue weighted by Gasteiger charge is 2.53. The van der Waals surface area contributed by atoms with Crippen LogP contribution in [0.15, 0.2) is 0 Å². The average molecular weight is 251 g/mol. The molecule has 1 rings (SSSR count). The molecule has 17 heavy (non-hydrogen) atoms. The molecule has 0 aliphatic carbocycles. The quantitative estimate of drug-likeness (QED) is 0.301. The largest absolute Gasteiger partial charge is 0.480 e. The Morgan fingerprint density at radius 2 is 2.12 bits per heavy atom. The van der Waals surface area contributed by atoms with Crippen LogP contribution < -0.4 is 5.32 Å². The molecule has 5 atom stereocenters. The van der Waals surface area contributed by atoms with Gasteiger partial charge in [-0.05, 0) is 6.92 Å². The lowest BCUT2D eigenvalue weighted by Gasteiger charge is -2.27. The van der Waals surface area contributed by atoms with E-state index in [1.165, 1.54) is 6.92 Å². The van der Waals surface area contributed by atoms with E-state index in [0.29, 0.717) is 0 Å². The summed E-state index contributed by atoms with van der Waals surface area (Å²) < 4.78 is 4.90. The first kappa shape index (κ1) is 14.3. The van der Waals surface area contributed by atoms with Gasteiger partial charge < -0.3 is 30.3 Å². The molecular formula is C9H17NO7. The van der Waals surface area contributed by atoms with Crippen molar-refractivity contribution in [2.24, 2.45) is 0 Å². The zero-order valence-corrected chi connectivity index (χ0v) is 9.28. The summed E-state index contributed by atoms with van der Waals surface area (Å²) in [6, 6.07) is -0.944. The van der Waals surface area contributed by atoms with Crippen LogP contribution in [0, 0.1) is 0 Å². The van der Waals surface area contributed by atoms with Crippen LogP contribution in [0.1, 0.15) is 6.92 Å². The topological polar surface area (TPSA) is 139 Å². The summed E-state index contributed by atoms with van der Waals surface area (Å²) in [7, 11) is 0. The number of carbonyl (C=O) groups is 1. The fraction of sp³-hybridized carbons (Fsp3) is 0.889. The number of aliphatic hydroxyl groups is 4. The Kier molecular flexibility index (Phi) is 4.42. The molecule has 6 N–H and O–H groups in total. The standard InChI is InChI=1S/C9H17NO7/c1-4(8(14)15)10-3-9(16)7(13)6(12)5(2-11)17-9/h4-7,10-13,16H,2-3H2,1H3,(H,14,15). The maximum atomic E-state index is 10.5. The first-order chi connectivity index (χ1) is 7.81. The molecule has 1 fully saturated rings. The van der Waals surface area contributed by atoms with Gasteiger partial charge in [-0.15, -0.1) is 0 Å². The average Bonchev–Trinajstić information content (AvgIpc) is 2.51. The van der Waals surface area contributed by atoms with E-state index in [2.05, 4.69) is 5.32 Å². The summed E-state index contributed by atoms with van der Waals surface area (Å²) in [5.41, 5.74) is 0. The van der Waals surface area contributed by atoms with E-state index in [0.717, 1.165) is 0 Å². The molecule has 1 heterocycles. The summed E-state index contributed by atoms with van der Waals surface area (Å²) in [6.45, 7) is 0.414. The van der Waals surface area contributed by atoms with E-state index in [4.69, 9.17) is 14.9 Å². The molecule has 0 amide bonds. The first-order valence-corrected chi connectivity index (χ1v) is 5.15. The molecule has 0 aromatic rings. The maximum Gasteiger partial charge on any atom is 0.320 e. The highest BCUT2D eigenvalue weighted by atomic mass is 16.7. The zero-order valence-electron chi connectivity index (χ0n) is 9.28. The number of carboxylic acid groups (broad SMARTS) is 1. The minimum atomic E-state index is -2.11. The van der Waals surface area contributed by atoms with Crippen molar-refractivity contribution in [2.75, 3.05) is 13.2 Å². The minimum absolute atomic E-state index is 0.380. The highest BCUT2D eigenvalue weighted by Crippen LogP contribution is 2.28. The van der Waals surface area contributed by atoms with Crippen molar-refractivity contribution in [3.8, 4) is 0 Å². The van der Waals surface area contributed by atoms with Crippen LogP contribution in [0.4, 0.5) is 0 Å². The van der Waals surface area contributed by atoms with E-state index >= 15 is 0 Å². The van der Waals surface area contributed by atoms with Gasteiger partial charge in [0, 0.05) is 0 Å². The Morgan fingerprint density at radius 1 is 1.53 bits per heavy atom. The molecule has 0 aromatic carbocycles. The van der Waals surface area contributed by atoms with Gasteiger partial charge in [-0.3, -0.25) is 10.1 Å². The Morgan fingerprint density at radius 3 is 2.53 bits per heavy atom. The molecule has 0 aromatic heterocycles. The van der Waals surface area contributed by atoms with Crippen molar-refractivity contribution in [2.45, 2.75) is 37.1 Å². The third kappa shape index (κ3) is 2.92. The molecule has 1 saturated heterocycles. The van der Waals surface area contributed by atoms with Crippen LogP contribution in [0.3, 0.4) is 0 Å². The molecule has 1 aliphatic heterocycles. The normalized spacial score (nSPS) is 39.2. The Labute approximate surface area is 97.4 Å². The van der Waals surface area contributed by atoms with Crippen LogP contribution >= 0.6 is 0 Å². The number of nitrogens with one attached hydrogen (secondary N) is 1. The van der Waals surface area contributed by atoms with E-state index in [9.17, 15) is 20.1 Å². The summed E-state index contributed by atoms with van der Waals surface area (Å²) in [4.78, 5) is 10.5. The number of carboxylic acids is 1. The monoisotopic (exact) mass is 251 g/mol. The number of ether oxygens (including phenoxy) is 1. The van der Waals surface area contributed by atoms with E-state index < -0.39 is 42.7 Å². The lowest BCUT2D eigenvalue weighted by molar-refractivity contribution is -0.227. The second kappa shape index (κ2) is 5.25. The SMILES string of the molecule is CC(NCC1(O)OC(CO)C(O)C1O)C(=O)O. The molecule has 8 nitrogen and oxygen atoms in total.